The van der Waals surface area contributed by atoms with Crippen LogP contribution in [0.3, 0.4) is 0 Å². The molecule has 1 amide bonds. The molecular formula is C28H20B5F5N2O2S. The van der Waals surface area contributed by atoms with E-state index in [2.05, 4.69) is 5.32 Å². The number of rotatable bonds is 10. The number of aromatic nitrogens is 1. The van der Waals surface area contributed by atoms with Crippen molar-refractivity contribution in [1.82, 2.24) is 9.88 Å². The molecule has 0 saturated heterocycles. The molecule has 4 aromatic rings. The highest BCUT2D eigenvalue weighted by Crippen LogP contribution is 2.35. The van der Waals surface area contributed by atoms with E-state index < -0.39 is 50.6 Å². The maximum absolute atomic E-state index is 13.6. The van der Waals surface area contributed by atoms with E-state index >= 15 is 0 Å². The quantitative estimate of drug-likeness (QED) is 0.222. The molecule has 0 spiro atoms. The van der Waals surface area contributed by atoms with Crippen LogP contribution in [0.25, 0.3) is 10.9 Å². The predicted molar refractivity (Wildman–Crippen MR) is 160 cm³/mol. The Morgan fingerprint density at radius 2 is 1.58 bits per heavy atom. The Balaban J connectivity index is 1.52. The van der Waals surface area contributed by atoms with Gasteiger partial charge in [0.1, 0.15) is 12.5 Å². The van der Waals surface area contributed by atoms with Crippen molar-refractivity contribution in [2.45, 2.75) is 40.2 Å². The molecule has 0 aliphatic rings. The van der Waals surface area contributed by atoms with Crippen molar-refractivity contribution in [2.75, 3.05) is 6.67 Å². The van der Waals surface area contributed by atoms with Crippen LogP contribution in [0.4, 0.5) is 22.0 Å². The largest absolute Gasteiger partial charge is 0.416 e. The van der Waals surface area contributed by atoms with Gasteiger partial charge in [0.15, 0.2) is 0 Å². The van der Waals surface area contributed by atoms with Crippen molar-refractivity contribution in [3.8, 4) is 0 Å². The number of amides is 1. The van der Waals surface area contributed by atoms with Gasteiger partial charge < -0.3 is 9.88 Å². The molecule has 0 saturated carbocycles. The van der Waals surface area contributed by atoms with E-state index in [1.807, 2.05) is 0 Å². The summed E-state index contributed by atoms with van der Waals surface area (Å²) >= 11 is 0. The Labute approximate surface area is 254 Å². The number of halogens is 5. The topological polar surface area (TPSA) is 51.1 Å². The Bertz CT molecular complexity index is 1670. The number of alkyl halides is 4. The lowest BCUT2D eigenvalue weighted by atomic mass is 9.30. The fourth-order valence-corrected chi connectivity index (χ4v) is 5.59. The van der Waals surface area contributed by atoms with Crippen LogP contribution in [-0.2, 0) is 36.5 Å². The molecule has 10 radical (unpaired) electrons. The van der Waals surface area contributed by atoms with Gasteiger partial charge in [-0.05, 0) is 64.2 Å². The van der Waals surface area contributed by atoms with Crippen molar-refractivity contribution in [2.24, 2.45) is 0 Å². The van der Waals surface area contributed by atoms with Crippen LogP contribution >= 0.6 is 0 Å². The molecular weight excluding hydrogens is 577 g/mol. The lowest BCUT2D eigenvalue weighted by Crippen LogP contribution is -2.49. The Morgan fingerprint density at radius 3 is 2.19 bits per heavy atom. The third-order valence-electron chi connectivity index (χ3n) is 6.88. The van der Waals surface area contributed by atoms with E-state index in [0.717, 1.165) is 12.1 Å². The van der Waals surface area contributed by atoms with Crippen LogP contribution in [0.1, 0.15) is 32.7 Å². The number of benzene rings is 3. The average Bonchev–Trinajstić information content (AvgIpc) is 3.27. The molecule has 15 heteroatoms. The SMILES string of the molecule is [B]C([B])([B])C([B])([B])S(=O)c1ccc(CNC(=O)c2ccc3c(c2)cc(Cc2ccc(F)cc2C(F)(F)F)n3CCF)cc1. The number of nitrogens with one attached hydrogen (secondary N) is 1. The monoisotopic (exact) mass is 598 g/mol. The summed E-state index contributed by atoms with van der Waals surface area (Å²) in [5.41, 5.74) is 0.520. The summed E-state index contributed by atoms with van der Waals surface area (Å²) in [6, 6.07) is 14.8. The Morgan fingerprint density at radius 1 is 0.907 bits per heavy atom. The van der Waals surface area contributed by atoms with Crippen LogP contribution in [0.2, 0.25) is 5.11 Å². The van der Waals surface area contributed by atoms with E-state index in [4.69, 9.17) is 39.2 Å². The smallest absolute Gasteiger partial charge is 0.348 e. The molecule has 1 heterocycles. The summed E-state index contributed by atoms with van der Waals surface area (Å²) in [5.74, 6) is -1.47. The molecule has 1 unspecified atom stereocenters. The minimum absolute atomic E-state index is 0.0910. The van der Waals surface area contributed by atoms with Crippen molar-refractivity contribution in [3.05, 3.63) is 100 Å². The minimum atomic E-state index is -4.78. The van der Waals surface area contributed by atoms with E-state index in [-0.39, 0.29) is 35.5 Å². The number of aryl methyl sites for hydroxylation is 1. The lowest BCUT2D eigenvalue weighted by Gasteiger charge is -2.40. The first-order valence-corrected chi connectivity index (χ1v) is 13.9. The lowest BCUT2D eigenvalue weighted by molar-refractivity contribution is -0.138. The molecule has 4 nitrogen and oxygen atoms in total. The molecule has 1 N–H and O–H groups in total. The second-order valence-corrected chi connectivity index (χ2v) is 11.7. The van der Waals surface area contributed by atoms with Crippen molar-refractivity contribution >= 4 is 66.8 Å². The maximum atomic E-state index is 13.6. The zero-order valence-electron chi connectivity index (χ0n) is 22.6. The third kappa shape index (κ3) is 7.14. The van der Waals surface area contributed by atoms with Gasteiger partial charge in [-0.25, -0.2) is 8.78 Å². The second-order valence-electron chi connectivity index (χ2n) is 10.0. The van der Waals surface area contributed by atoms with Crippen molar-refractivity contribution in [3.63, 3.8) is 0 Å². The van der Waals surface area contributed by atoms with Gasteiger partial charge in [-0.2, -0.15) is 13.2 Å². The van der Waals surface area contributed by atoms with Gasteiger partial charge in [-0.3, -0.25) is 9.00 Å². The second kappa shape index (κ2) is 12.4. The van der Waals surface area contributed by atoms with Gasteiger partial charge in [-0.1, -0.05) is 18.2 Å². The Kier molecular flexibility index (Phi) is 9.45. The van der Waals surface area contributed by atoms with Crippen LogP contribution in [0.5, 0.6) is 0 Å². The molecule has 0 fully saturated rings. The first kappa shape index (κ1) is 32.7. The molecule has 1 aromatic heterocycles. The van der Waals surface area contributed by atoms with E-state index in [1.54, 1.807) is 30.3 Å². The summed E-state index contributed by atoms with van der Waals surface area (Å²) in [7, 11) is 26.1. The van der Waals surface area contributed by atoms with Gasteiger partial charge in [0.05, 0.1) is 51.3 Å². The highest BCUT2D eigenvalue weighted by molar-refractivity contribution is 7.89. The number of carbonyl (C=O) groups excluding carboxylic acids is 1. The Hall–Kier alpha value is -3.21. The summed E-state index contributed by atoms with van der Waals surface area (Å²) in [6.45, 7) is -0.802. The van der Waals surface area contributed by atoms with Gasteiger partial charge >= 0.3 is 6.18 Å². The van der Waals surface area contributed by atoms with E-state index in [9.17, 15) is 31.0 Å². The van der Waals surface area contributed by atoms with Gasteiger partial charge in [0.25, 0.3) is 5.91 Å². The fourth-order valence-electron chi connectivity index (χ4n) is 4.50. The number of hydrogen-bond donors (Lipinski definition) is 1. The van der Waals surface area contributed by atoms with Crippen LogP contribution < -0.4 is 5.32 Å². The number of carbonyl (C=O) groups is 1. The number of fused-ring (bicyclic) bond motifs is 1. The molecule has 0 aliphatic carbocycles. The van der Waals surface area contributed by atoms with E-state index in [1.165, 1.54) is 22.8 Å². The van der Waals surface area contributed by atoms with Gasteiger partial charge in [0, 0.05) is 50.8 Å². The third-order valence-corrected chi connectivity index (χ3v) is 8.55. The standard InChI is InChI=1S/C28H20B5F5N2O2S/c29-27(30,31)28(32,33)43(42)22-6-1-16(2-7-22)15-39-25(41)18-4-8-24-19(11-18)13-21(40(24)10-9-34)12-17-3-5-20(35)14-23(17)26(36,37)38/h1-8,11,13-14H,9-10,12,15H2,(H,39,41). The zero-order chi connectivity index (χ0) is 31.7. The molecule has 210 valence electrons. The maximum Gasteiger partial charge on any atom is 0.416 e. The van der Waals surface area contributed by atoms with Crippen LogP contribution in [-0.4, -0.2) is 65.1 Å². The summed E-state index contributed by atoms with van der Waals surface area (Å²) in [6.07, 6.45) is -5.01. The zero-order valence-corrected chi connectivity index (χ0v) is 23.4. The first-order chi connectivity index (χ1) is 20.0. The molecule has 3 aromatic carbocycles. The summed E-state index contributed by atoms with van der Waals surface area (Å²) < 4.78 is 79.7. The normalized spacial score (nSPS) is 13.2. The van der Waals surface area contributed by atoms with Gasteiger partial charge in [0.2, 0.25) is 0 Å². The molecule has 43 heavy (non-hydrogen) atoms. The van der Waals surface area contributed by atoms with Crippen LogP contribution in [0, 0.1) is 5.82 Å². The van der Waals surface area contributed by atoms with Gasteiger partial charge in [-0.15, -0.1) is 5.11 Å². The molecule has 4 rings (SSSR count). The molecule has 0 bridgehead atoms. The average molecular weight is 598 g/mol. The predicted octanol–water partition coefficient (Wildman–Crippen LogP) is 3.97. The molecule has 1 atom stereocenters. The van der Waals surface area contributed by atoms with E-state index in [0.29, 0.717) is 28.2 Å². The summed E-state index contributed by atoms with van der Waals surface area (Å²) in [4.78, 5) is 13.1. The summed E-state index contributed by atoms with van der Waals surface area (Å²) in [5, 5.41) is 1.14. The van der Waals surface area contributed by atoms with Crippen LogP contribution in [0.15, 0.2) is 71.6 Å². The first-order valence-electron chi connectivity index (χ1n) is 12.8. The highest BCUT2D eigenvalue weighted by Gasteiger charge is 2.36. The fraction of sp³-hybridized carbons (Fsp3) is 0.250. The minimum Gasteiger partial charge on any atom is -0.348 e. The molecule has 0 aliphatic heterocycles. The van der Waals surface area contributed by atoms with Crippen molar-refractivity contribution < 1.29 is 31.0 Å². The number of nitrogens with zero attached hydrogens (tertiary/aromatic N) is 1. The number of hydrogen-bond acceptors (Lipinski definition) is 2. The van der Waals surface area contributed by atoms with Crippen molar-refractivity contribution in [1.29, 1.82) is 0 Å². The highest BCUT2D eigenvalue weighted by atomic mass is 32.2.